The van der Waals surface area contributed by atoms with Crippen molar-refractivity contribution in [3.63, 3.8) is 0 Å². The Bertz CT molecular complexity index is 1260. The Morgan fingerprint density at radius 2 is 2.03 bits per heavy atom. The summed E-state index contributed by atoms with van der Waals surface area (Å²) in [6.07, 6.45) is -3.95. The largest absolute Gasteiger partial charge is 0.434 e. The average molecular weight is 456 g/mol. The number of hydrogen-bond donors (Lipinski definition) is 1. The first kappa shape index (κ1) is 21.3. The topological polar surface area (TPSA) is 75.3 Å². The summed E-state index contributed by atoms with van der Waals surface area (Å²) in [6.45, 7) is 0.152. The van der Waals surface area contributed by atoms with Crippen LogP contribution in [0.15, 0.2) is 35.3 Å². The van der Waals surface area contributed by atoms with Crippen LogP contribution in [-0.2, 0) is 17.5 Å². The van der Waals surface area contributed by atoms with Gasteiger partial charge in [0, 0.05) is 24.5 Å². The first-order chi connectivity index (χ1) is 14.6. The standard InChI is InChI=1S/C20H14ClF4N3O3/c1-28(19(30)9-4-13(21)17(26-6-9)20(23,24)25)15-8-31-7-14-16(15)11-3-2-10(22)5-12(11)18(29)27-14/h2-6,15H,7-8H2,1H3,(H,27,29)/t15-/m1/s1. The smallest absolute Gasteiger partial charge is 0.373 e. The molecule has 3 heterocycles. The summed E-state index contributed by atoms with van der Waals surface area (Å²) in [5.74, 6) is -1.23. The summed E-state index contributed by atoms with van der Waals surface area (Å²) in [4.78, 5) is 32.5. The number of fused-ring (bicyclic) bond motifs is 3. The number of aromatic nitrogens is 2. The molecular weight excluding hydrogens is 442 g/mol. The molecule has 0 fully saturated rings. The van der Waals surface area contributed by atoms with Crippen LogP contribution < -0.4 is 5.56 Å². The SMILES string of the molecule is CN(C(=O)c1cnc(C(F)(F)F)c(Cl)c1)[C@@H]1COCc2[nH]c(=O)c3cc(F)ccc3c21. The van der Waals surface area contributed by atoms with Crippen molar-refractivity contribution in [2.45, 2.75) is 18.8 Å². The van der Waals surface area contributed by atoms with Gasteiger partial charge >= 0.3 is 6.18 Å². The van der Waals surface area contributed by atoms with Gasteiger partial charge in [-0.05, 0) is 23.6 Å². The maximum Gasteiger partial charge on any atom is 0.434 e. The van der Waals surface area contributed by atoms with E-state index in [-0.39, 0.29) is 24.2 Å². The van der Waals surface area contributed by atoms with E-state index < -0.39 is 40.2 Å². The zero-order chi connectivity index (χ0) is 22.5. The number of nitrogens with one attached hydrogen (secondary N) is 1. The van der Waals surface area contributed by atoms with Crippen molar-refractivity contribution < 1.29 is 27.1 Å². The Morgan fingerprint density at radius 1 is 1.29 bits per heavy atom. The zero-order valence-corrected chi connectivity index (χ0v) is 16.6. The zero-order valence-electron chi connectivity index (χ0n) is 15.9. The molecule has 3 aromatic rings. The maximum atomic E-state index is 13.7. The Balaban J connectivity index is 1.76. The molecule has 0 spiro atoms. The number of hydrogen-bond acceptors (Lipinski definition) is 4. The Morgan fingerprint density at radius 3 is 2.71 bits per heavy atom. The maximum absolute atomic E-state index is 13.7. The van der Waals surface area contributed by atoms with E-state index >= 15 is 0 Å². The van der Waals surface area contributed by atoms with Gasteiger partial charge in [0.15, 0.2) is 5.69 Å². The Kier molecular flexibility index (Phi) is 5.22. The number of carbonyl (C=O) groups excluding carboxylic acids is 1. The number of benzene rings is 1. The third kappa shape index (κ3) is 3.77. The molecule has 0 saturated heterocycles. The van der Waals surface area contributed by atoms with Crippen LogP contribution in [0.4, 0.5) is 17.6 Å². The first-order valence-electron chi connectivity index (χ1n) is 9.00. The van der Waals surface area contributed by atoms with Gasteiger partial charge in [-0.1, -0.05) is 17.7 Å². The molecule has 1 amide bonds. The van der Waals surface area contributed by atoms with Crippen molar-refractivity contribution >= 4 is 28.3 Å². The minimum Gasteiger partial charge on any atom is -0.373 e. The van der Waals surface area contributed by atoms with Crippen molar-refractivity contribution in [3.05, 3.63) is 74.2 Å². The summed E-state index contributed by atoms with van der Waals surface area (Å²) in [6, 6.07) is 3.97. The predicted octanol–water partition coefficient (Wildman–Crippen LogP) is 4.08. The number of nitrogens with zero attached hydrogens (tertiary/aromatic N) is 2. The van der Waals surface area contributed by atoms with Gasteiger partial charge in [-0.2, -0.15) is 13.2 Å². The molecule has 1 aromatic carbocycles. The van der Waals surface area contributed by atoms with Crippen LogP contribution in [0.5, 0.6) is 0 Å². The number of likely N-dealkylation sites (N-methyl/N-ethyl adjacent to an activating group) is 1. The van der Waals surface area contributed by atoms with Gasteiger partial charge in [0.2, 0.25) is 0 Å². The summed E-state index contributed by atoms with van der Waals surface area (Å²) >= 11 is 5.69. The fraction of sp³-hybridized carbons (Fsp3) is 0.250. The molecule has 31 heavy (non-hydrogen) atoms. The quantitative estimate of drug-likeness (QED) is 0.591. The van der Waals surface area contributed by atoms with Gasteiger partial charge in [-0.3, -0.25) is 9.59 Å². The normalized spacial score (nSPS) is 16.3. The molecule has 0 radical (unpaired) electrons. The minimum atomic E-state index is -4.75. The van der Waals surface area contributed by atoms with Crippen molar-refractivity contribution in [2.24, 2.45) is 0 Å². The molecule has 4 rings (SSSR count). The van der Waals surface area contributed by atoms with Crippen molar-refractivity contribution in [3.8, 4) is 0 Å². The van der Waals surface area contributed by atoms with Crippen LogP contribution in [0.1, 0.15) is 33.4 Å². The summed E-state index contributed by atoms with van der Waals surface area (Å²) in [5, 5.41) is -0.125. The lowest BCUT2D eigenvalue weighted by atomic mass is 9.95. The molecular formula is C20H14ClF4N3O3. The number of alkyl halides is 3. The lowest BCUT2D eigenvalue weighted by molar-refractivity contribution is -0.141. The Labute approximate surface area is 177 Å². The highest BCUT2D eigenvalue weighted by molar-refractivity contribution is 6.31. The van der Waals surface area contributed by atoms with E-state index in [0.29, 0.717) is 16.6 Å². The molecule has 1 aliphatic rings. The third-order valence-electron chi connectivity index (χ3n) is 5.11. The number of ether oxygens (including phenoxy) is 1. The number of pyridine rings is 2. The molecule has 1 aliphatic heterocycles. The molecule has 0 bridgehead atoms. The number of aromatic amines is 1. The molecule has 1 N–H and O–H groups in total. The fourth-order valence-corrected chi connectivity index (χ4v) is 3.91. The number of halogens is 5. The molecule has 0 aliphatic carbocycles. The highest BCUT2D eigenvalue weighted by Gasteiger charge is 2.36. The summed E-state index contributed by atoms with van der Waals surface area (Å²) in [7, 11) is 1.44. The molecule has 11 heteroatoms. The Hall–Kier alpha value is -2.98. The van der Waals surface area contributed by atoms with Gasteiger partial charge in [-0.25, -0.2) is 9.37 Å². The third-order valence-corrected chi connectivity index (χ3v) is 5.39. The van der Waals surface area contributed by atoms with Crippen LogP contribution in [0.3, 0.4) is 0 Å². The molecule has 6 nitrogen and oxygen atoms in total. The van der Waals surface area contributed by atoms with E-state index in [1.54, 1.807) is 0 Å². The van der Waals surface area contributed by atoms with Gasteiger partial charge < -0.3 is 14.6 Å². The monoisotopic (exact) mass is 455 g/mol. The van der Waals surface area contributed by atoms with Gasteiger partial charge in [-0.15, -0.1) is 0 Å². The van der Waals surface area contributed by atoms with E-state index in [1.165, 1.54) is 24.1 Å². The highest BCUT2D eigenvalue weighted by atomic mass is 35.5. The predicted molar refractivity (Wildman–Crippen MR) is 103 cm³/mol. The number of carbonyl (C=O) groups is 1. The average Bonchev–Trinajstić information content (AvgIpc) is 2.71. The molecule has 2 aromatic heterocycles. The fourth-order valence-electron chi connectivity index (χ4n) is 3.64. The van der Waals surface area contributed by atoms with E-state index in [9.17, 15) is 27.2 Å². The van der Waals surface area contributed by atoms with Crippen LogP contribution in [0.2, 0.25) is 5.02 Å². The van der Waals surface area contributed by atoms with E-state index in [2.05, 4.69) is 9.97 Å². The van der Waals surface area contributed by atoms with Crippen LogP contribution in [0.25, 0.3) is 10.8 Å². The van der Waals surface area contributed by atoms with Crippen molar-refractivity contribution in [1.29, 1.82) is 0 Å². The van der Waals surface area contributed by atoms with Crippen molar-refractivity contribution in [2.75, 3.05) is 13.7 Å². The van der Waals surface area contributed by atoms with Gasteiger partial charge in [0.05, 0.1) is 35.2 Å². The van der Waals surface area contributed by atoms with E-state index in [0.717, 1.165) is 18.3 Å². The lowest BCUT2D eigenvalue weighted by Gasteiger charge is -2.33. The summed E-state index contributed by atoms with van der Waals surface area (Å²) < 4.78 is 57.8. The number of amides is 1. The second-order valence-corrected chi connectivity index (χ2v) is 7.44. The second-order valence-electron chi connectivity index (χ2n) is 7.04. The first-order valence-corrected chi connectivity index (χ1v) is 9.37. The molecule has 0 unspecified atom stereocenters. The van der Waals surface area contributed by atoms with Gasteiger partial charge in [0.25, 0.3) is 11.5 Å². The highest BCUT2D eigenvalue weighted by Crippen LogP contribution is 2.35. The van der Waals surface area contributed by atoms with E-state index in [4.69, 9.17) is 16.3 Å². The van der Waals surface area contributed by atoms with Crippen molar-refractivity contribution in [1.82, 2.24) is 14.9 Å². The molecule has 0 saturated carbocycles. The second kappa shape index (κ2) is 7.61. The van der Waals surface area contributed by atoms with E-state index in [1.807, 2.05) is 0 Å². The minimum absolute atomic E-state index is 0.0650. The van der Waals surface area contributed by atoms with Crippen LogP contribution in [-0.4, -0.2) is 34.4 Å². The molecule has 162 valence electrons. The lowest BCUT2D eigenvalue weighted by Crippen LogP contribution is -2.37. The number of H-pyrrole nitrogens is 1. The summed E-state index contributed by atoms with van der Waals surface area (Å²) in [5.41, 5.74) is -0.922. The van der Waals surface area contributed by atoms with Gasteiger partial charge in [0.1, 0.15) is 5.82 Å². The molecule has 1 atom stereocenters. The van der Waals surface area contributed by atoms with Crippen LogP contribution >= 0.6 is 11.6 Å². The van der Waals surface area contributed by atoms with Crippen LogP contribution in [0, 0.1) is 5.82 Å². The number of rotatable bonds is 2.